The molecule has 17 heavy (non-hydrogen) atoms. The van der Waals surface area contributed by atoms with Crippen LogP contribution >= 0.6 is 23.1 Å². The zero-order chi connectivity index (χ0) is 12.3. The fraction of sp³-hybridized carbons (Fsp3) is 0.0909. The number of thioether (sulfide) groups is 1. The van der Waals surface area contributed by atoms with Gasteiger partial charge in [0.2, 0.25) is 0 Å². The molecule has 0 amide bonds. The lowest BCUT2D eigenvalue weighted by molar-refractivity contribution is -0.133. The number of hydrogen-bond acceptors (Lipinski definition) is 4. The van der Waals surface area contributed by atoms with Crippen LogP contribution in [0.5, 0.6) is 0 Å². The van der Waals surface area contributed by atoms with Crippen molar-refractivity contribution in [3.05, 3.63) is 35.5 Å². The van der Waals surface area contributed by atoms with Gasteiger partial charge in [0.05, 0.1) is 11.4 Å². The number of carbonyl (C=O) groups is 1. The summed E-state index contributed by atoms with van der Waals surface area (Å²) in [4.78, 5) is 14.6. The first-order valence-electron chi connectivity index (χ1n) is 4.72. The average molecular weight is 269 g/mol. The first-order chi connectivity index (χ1) is 8.16. The molecular formula is C11H8FNO2S2. The summed E-state index contributed by atoms with van der Waals surface area (Å²) in [5.41, 5.74) is 0.979. The Balaban J connectivity index is 2.18. The van der Waals surface area contributed by atoms with Crippen molar-refractivity contribution in [2.75, 3.05) is 5.75 Å². The summed E-state index contributed by atoms with van der Waals surface area (Å²) in [7, 11) is 0. The molecule has 0 saturated carbocycles. The van der Waals surface area contributed by atoms with Gasteiger partial charge < -0.3 is 5.11 Å². The third kappa shape index (κ3) is 3.04. The summed E-state index contributed by atoms with van der Waals surface area (Å²) >= 11 is 2.45. The predicted octanol–water partition coefficient (Wildman–Crippen LogP) is 3.13. The summed E-state index contributed by atoms with van der Waals surface area (Å²) in [5.74, 6) is -1.25. The van der Waals surface area contributed by atoms with Gasteiger partial charge in [-0.1, -0.05) is 23.9 Å². The third-order valence-electron chi connectivity index (χ3n) is 1.95. The number of carboxylic acids is 1. The highest BCUT2D eigenvalue weighted by Crippen LogP contribution is 2.29. The van der Waals surface area contributed by atoms with Gasteiger partial charge in [-0.15, -0.1) is 11.3 Å². The van der Waals surface area contributed by atoms with Gasteiger partial charge in [-0.25, -0.2) is 9.37 Å². The second-order valence-corrected chi connectivity index (χ2v) is 5.24. The molecule has 0 aliphatic carbocycles. The molecule has 0 aliphatic heterocycles. The molecular weight excluding hydrogens is 261 g/mol. The van der Waals surface area contributed by atoms with Gasteiger partial charge in [0.15, 0.2) is 4.34 Å². The van der Waals surface area contributed by atoms with E-state index in [-0.39, 0.29) is 11.6 Å². The van der Waals surface area contributed by atoms with E-state index in [2.05, 4.69) is 4.98 Å². The number of nitrogens with zero attached hydrogens (tertiary/aromatic N) is 1. The number of carboxylic acid groups (broad SMARTS) is 1. The van der Waals surface area contributed by atoms with Crippen LogP contribution in [0.2, 0.25) is 0 Å². The Labute approximate surface area is 105 Å². The van der Waals surface area contributed by atoms with Crippen molar-refractivity contribution >= 4 is 29.1 Å². The molecule has 3 nitrogen and oxygen atoms in total. The first kappa shape index (κ1) is 12.1. The molecule has 0 aliphatic rings. The Morgan fingerprint density at radius 2 is 2.24 bits per heavy atom. The SMILES string of the molecule is O=C(O)CSc1nc(-c2ccccc2F)cs1. The van der Waals surface area contributed by atoms with Crippen molar-refractivity contribution in [2.45, 2.75) is 4.34 Å². The van der Waals surface area contributed by atoms with E-state index in [0.29, 0.717) is 15.6 Å². The molecule has 1 N–H and O–H groups in total. The van der Waals surface area contributed by atoms with E-state index in [4.69, 9.17) is 5.11 Å². The maximum absolute atomic E-state index is 13.5. The smallest absolute Gasteiger partial charge is 0.313 e. The van der Waals surface area contributed by atoms with Crippen LogP contribution in [0.3, 0.4) is 0 Å². The van der Waals surface area contributed by atoms with Crippen molar-refractivity contribution in [3.63, 3.8) is 0 Å². The van der Waals surface area contributed by atoms with Crippen molar-refractivity contribution in [2.24, 2.45) is 0 Å². The van der Waals surface area contributed by atoms with E-state index in [0.717, 1.165) is 11.8 Å². The zero-order valence-electron chi connectivity index (χ0n) is 8.59. The summed E-state index contributed by atoms with van der Waals surface area (Å²) in [6.45, 7) is 0. The topological polar surface area (TPSA) is 50.2 Å². The molecule has 1 aromatic carbocycles. The van der Waals surface area contributed by atoms with Crippen LogP contribution in [0, 0.1) is 5.82 Å². The molecule has 2 aromatic rings. The average Bonchev–Trinajstić information content (AvgIpc) is 2.75. The molecule has 0 fully saturated rings. The first-order valence-corrected chi connectivity index (χ1v) is 6.58. The molecule has 2 rings (SSSR count). The Kier molecular flexibility index (Phi) is 3.75. The normalized spacial score (nSPS) is 10.4. The van der Waals surface area contributed by atoms with E-state index in [1.54, 1.807) is 23.6 Å². The maximum Gasteiger partial charge on any atom is 0.313 e. The molecule has 88 valence electrons. The van der Waals surface area contributed by atoms with Crippen molar-refractivity contribution < 1.29 is 14.3 Å². The van der Waals surface area contributed by atoms with Gasteiger partial charge >= 0.3 is 5.97 Å². The Hall–Kier alpha value is -1.40. The van der Waals surface area contributed by atoms with E-state index < -0.39 is 5.97 Å². The van der Waals surface area contributed by atoms with Crippen LogP contribution in [0.1, 0.15) is 0 Å². The second-order valence-electron chi connectivity index (χ2n) is 3.16. The monoisotopic (exact) mass is 269 g/mol. The molecule has 0 radical (unpaired) electrons. The Bertz CT molecular complexity index is 542. The van der Waals surface area contributed by atoms with Crippen molar-refractivity contribution in [1.82, 2.24) is 4.98 Å². The largest absolute Gasteiger partial charge is 0.481 e. The Morgan fingerprint density at radius 1 is 1.47 bits per heavy atom. The number of halogens is 1. The van der Waals surface area contributed by atoms with E-state index in [1.165, 1.54) is 17.4 Å². The number of hydrogen-bond donors (Lipinski definition) is 1. The van der Waals surface area contributed by atoms with Gasteiger partial charge in [0.25, 0.3) is 0 Å². The van der Waals surface area contributed by atoms with E-state index >= 15 is 0 Å². The van der Waals surface area contributed by atoms with Crippen LogP contribution in [0.4, 0.5) is 4.39 Å². The molecule has 1 heterocycles. The molecule has 0 spiro atoms. The van der Waals surface area contributed by atoms with Gasteiger partial charge in [-0.3, -0.25) is 4.79 Å². The van der Waals surface area contributed by atoms with Gasteiger partial charge in [0.1, 0.15) is 5.82 Å². The number of aliphatic carboxylic acids is 1. The van der Waals surface area contributed by atoms with Crippen LogP contribution in [-0.4, -0.2) is 21.8 Å². The Morgan fingerprint density at radius 3 is 2.94 bits per heavy atom. The minimum atomic E-state index is -0.891. The maximum atomic E-state index is 13.5. The lowest BCUT2D eigenvalue weighted by Crippen LogP contribution is -1.97. The van der Waals surface area contributed by atoms with Gasteiger partial charge in [-0.05, 0) is 12.1 Å². The molecule has 0 unspecified atom stereocenters. The van der Waals surface area contributed by atoms with Gasteiger partial charge in [0, 0.05) is 10.9 Å². The van der Waals surface area contributed by atoms with Crippen molar-refractivity contribution in [1.29, 1.82) is 0 Å². The number of benzene rings is 1. The fourth-order valence-corrected chi connectivity index (χ4v) is 2.79. The van der Waals surface area contributed by atoms with Crippen LogP contribution < -0.4 is 0 Å². The lowest BCUT2D eigenvalue weighted by Gasteiger charge is -1.97. The standard InChI is InChI=1S/C11H8FNO2S2/c12-8-4-2-1-3-7(8)9-5-16-11(13-9)17-6-10(14)15/h1-5H,6H2,(H,14,15). The molecule has 6 heteroatoms. The number of rotatable bonds is 4. The minimum absolute atomic E-state index is 0.0375. The minimum Gasteiger partial charge on any atom is -0.481 e. The second kappa shape index (κ2) is 5.29. The predicted molar refractivity (Wildman–Crippen MR) is 65.9 cm³/mol. The van der Waals surface area contributed by atoms with Crippen LogP contribution in [0.15, 0.2) is 34.0 Å². The number of thiazole rings is 1. The zero-order valence-corrected chi connectivity index (χ0v) is 10.2. The molecule has 0 bridgehead atoms. The van der Waals surface area contributed by atoms with E-state index in [1.807, 2.05) is 0 Å². The molecule has 0 saturated heterocycles. The summed E-state index contributed by atoms with van der Waals surface area (Å²) in [6, 6.07) is 6.38. The summed E-state index contributed by atoms with van der Waals surface area (Å²) in [6.07, 6.45) is 0. The number of aromatic nitrogens is 1. The summed E-state index contributed by atoms with van der Waals surface area (Å²) < 4.78 is 14.1. The summed E-state index contributed by atoms with van der Waals surface area (Å²) in [5, 5.41) is 10.3. The van der Waals surface area contributed by atoms with Crippen molar-refractivity contribution in [3.8, 4) is 11.3 Å². The van der Waals surface area contributed by atoms with Gasteiger partial charge in [-0.2, -0.15) is 0 Å². The fourth-order valence-electron chi connectivity index (χ4n) is 1.24. The quantitative estimate of drug-likeness (QED) is 0.866. The lowest BCUT2D eigenvalue weighted by atomic mass is 10.2. The molecule has 0 atom stereocenters. The highest BCUT2D eigenvalue weighted by molar-refractivity contribution is 8.01. The van der Waals surface area contributed by atoms with Crippen LogP contribution in [0.25, 0.3) is 11.3 Å². The highest BCUT2D eigenvalue weighted by Gasteiger charge is 2.09. The van der Waals surface area contributed by atoms with E-state index in [9.17, 15) is 9.18 Å². The highest BCUT2D eigenvalue weighted by atomic mass is 32.2. The third-order valence-corrected chi connectivity index (χ3v) is 3.96. The van der Waals surface area contributed by atoms with Crippen LogP contribution in [-0.2, 0) is 4.79 Å². The molecule has 1 aromatic heterocycles.